The number of pyridine rings is 1. The largest absolute Gasteiger partial charge is 0.367 e. The van der Waals surface area contributed by atoms with Crippen molar-refractivity contribution in [2.45, 2.75) is 18.9 Å². The van der Waals surface area contributed by atoms with Gasteiger partial charge in [-0.15, -0.1) is 0 Å². The van der Waals surface area contributed by atoms with Gasteiger partial charge in [0.1, 0.15) is 17.3 Å². The third-order valence-electron chi connectivity index (χ3n) is 4.76. The Kier molecular flexibility index (Phi) is 4.82. The van der Waals surface area contributed by atoms with Crippen LogP contribution in [0.4, 0.5) is 10.2 Å². The van der Waals surface area contributed by atoms with E-state index < -0.39 is 0 Å². The second-order valence-corrected chi connectivity index (χ2v) is 6.57. The van der Waals surface area contributed by atoms with Gasteiger partial charge in [-0.2, -0.15) is 5.10 Å². The predicted octanol–water partition coefficient (Wildman–Crippen LogP) is 3.33. The Balaban J connectivity index is 1.38. The van der Waals surface area contributed by atoms with E-state index in [1.165, 1.54) is 6.07 Å². The number of benzene rings is 1. The molecule has 1 aromatic carbocycles. The van der Waals surface area contributed by atoms with Crippen LogP contribution in [0.25, 0.3) is 11.3 Å². The fourth-order valence-electron chi connectivity index (χ4n) is 3.29. The summed E-state index contributed by atoms with van der Waals surface area (Å²) in [6, 6.07) is 14.1. The van der Waals surface area contributed by atoms with Gasteiger partial charge in [0.25, 0.3) is 5.91 Å². The lowest BCUT2D eigenvalue weighted by atomic mass is 10.0. The molecule has 2 aromatic heterocycles. The van der Waals surface area contributed by atoms with Crippen molar-refractivity contribution in [1.82, 2.24) is 20.1 Å². The quantitative estimate of drug-likeness (QED) is 0.744. The van der Waals surface area contributed by atoms with Gasteiger partial charge in [-0.25, -0.2) is 9.37 Å². The fraction of sp³-hybridized carbons (Fsp3) is 0.250. The number of amides is 1. The molecule has 1 aliphatic rings. The van der Waals surface area contributed by atoms with Crippen molar-refractivity contribution in [3.05, 3.63) is 66.2 Å². The number of halogens is 1. The molecular weight excluding hydrogens is 345 g/mol. The van der Waals surface area contributed by atoms with Crippen LogP contribution in [0.15, 0.2) is 54.7 Å². The zero-order valence-corrected chi connectivity index (χ0v) is 14.7. The topological polar surface area (TPSA) is 73.9 Å². The molecule has 0 unspecified atom stereocenters. The molecule has 7 heteroatoms. The number of rotatable bonds is 4. The molecule has 1 fully saturated rings. The van der Waals surface area contributed by atoms with E-state index >= 15 is 0 Å². The predicted molar refractivity (Wildman–Crippen MR) is 101 cm³/mol. The zero-order valence-electron chi connectivity index (χ0n) is 14.7. The van der Waals surface area contributed by atoms with Gasteiger partial charge in [-0.1, -0.05) is 18.2 Å². The highest BCUT2D eigenvalue weighted by Gasteiger charge is 2.25. The molecule has 1 aliphatic heterocycles. The first-order valence-electron chi connectivity index (χ1n) is 8.98. The molecule has 27 heavy (non-hydrogen) atoms. The second-order valence-electron chi connectivity index (χ2n) is 6.57. The van der Waals surface area contributed by atoms with Crippen LogP contribution in [-0.2, 0) is 0 Å². The summed E-state index contributed by atoms with van der Waals surface area (Å²) in [5.41, 5.74) is 1.19. The maximum atomic E-state index is 13.9. The molecule has 0 spiro atoms. The molecule has 138 valence electrons. The Morgan fingerprint density at radius 1 is 1.15 bits per heavy atom. The van der Waals surface area contributed by atoms with E-state index in [1.807, 2.05) is 18.2 Å². The Bertz CT molecular complexity index is 919. The molecule has 4 rings (SSSR count). The lowest BCUT2D eigenvalue weighted by molar-refractivity contribution is 0.0712. The number of aromatic amines is 1. The van der Waals surface area contributed by atoms with Gasteiger partial charge in [-0.05, 0) is 43.2 Å². The maximum Gasteiger partial charge on any atom is 0.271 e. The van der Waals surface area contributed by atoms with Crippen LogP contribution in [0.5, 0.6) is 0 Å². The first kappa shape index (κ1) is 17.2. The van der Waals surface area contributed by atoms with E-state index in [0.29, 0.717) is 36.1 Å². The first-order valence-corrected chi connectivity index (χ1v) is 8.98. The lowest BCUT2D eigenvalue weighted by Crippen LogP contribution is -2.42. The van der Waals surface area contributed by atoms with Crippen molar-refractivity contribution in [2.24, 2.45) is 0 Å². The van der Waals surface area contributed by atoms with Gasteiger partial charge in [0.15, 0.2) is 0 Å². The third kappa shape index (κ3) is 3.81. The number of H-pyrrole nitrogens is 1. The summed E-state index contributed by atoms with van der Waals surface area (Å²) < 4.78 is 13.9. The zero-order chi connectivity index (χ0) is 18.6. The average molecular weight is 365 g/mol. The second kappa shape index (κ2) is 7.57. The monoisotopic (exact) mass is 365 g/mol. The third-order valence-corrected chi connectivity index (χ3v) is 4.76. The van der Waals surface area contributed by atoms with Gasteiger partial charge < -0.3 is 10.2 Å². The molecule has 1 saturated heterocycles. The number of nitrogens with one attached hydrogen (secondary N) is 2. The summed E-state index contributed by atoms with van der Waals surface area (Å²) in [4.78, 5) is 18.8. The van der Waals surface area contributed by atoms with Crippen molar-refractivity contribution in [1.29, 1.82) is 0 Å². The van der Waals surface area contributed by atoms with Crippen molar-refractivity contribution >= 4 is 11.7 Å². The van der Waals surface area contributed by atoms with Gasteiger partial charge >= 0.3 is 0 Å². The van der Waals surface area contributed by atoms with Crippen LogP contribution in [-0.4, -0.2) is 45.1 Å². The minimum Gasteiger partial charge on any atom is -0.367 e. The molecule has 0 atom stereocenters. The van der Waals surface area contributed by atoms with E-state index in [1.54, 1.807) is 35.4 Å². The van der Waals surface area contributed by atoms with Crippen molar-refractivity contribution in [3.8, 4) is 11.3 Å². The normalized spacial score (nSPS) is 14.9. The summed E-state index contributed by atoms with van der Waals surface area (Å²) >= 11 is 0. The van der Waals surface area contributed by atoms with Gasteiger partial charge in [-0.3, -0.25) is 9.89 Å². The standard InChI is InChI=1S/C20H20FN5O/c21-16-6-2-1-5-15(16)17-13-18(25-24-17)20(27)26-11-8-14(9-12-26)23-19-7-3-4-10-22-19/h1-7,10,13-14H,8-9,11-12H2,(H,22,23)(H,24,25). The number of hydrogen-bond donors (Lipinski definition) is 2. The molecule has 0 radical (unpaired) electrons. The SMILES string of the molecule is O=C(c1cc(-c2ccccc2F)n[nH]1)N1CCC(Nc2ccccn2)CC1. The minimum absolute atomic E-state index is 0.110. The summed E-state index contributed by atoms with van der Waals surface area (Å²) in [6.45, 7) is 1.30. The number of hydrogen-bond acceptors (Lipinski definition) is 4. The Morgan fingerprint density at radius 2 is 1.93 bits per heavy atom. The highest BCUT2D eigenvalue weighted by molar-refractivity contribution is 5.93. The number of carbonyl (C=O) groups excluding carboxylic acids is 1. The van der Waals surface area contributed by atoms with E-state index in [0.717, 1.165) is 18.7 Å². The van der Waals surface area contributed by atoms with Crippen LogP contribution in [0, 0.1) is 5.82 Å². The smallest absolute Gasteiger partial charge is 0.271 e. The van der Waals surface area contributed by atoms with Gasteiger partial charge in [0.2, 0.25) is 0 Å². The number of aromatic nitrogens is 3. The van der Waals surface area contributed by atoms with Crippen molar-refractivity contribution in [2.75, 3.05) is 18.4 Å². The van der Waals surface area contributed by atoms with Crippen LogP contribution in [0.2, 0.25) is 0 Å². The van der Waals surface area contributed by atoms with Gasteiger partial charge in [0.05, 0.1) is 5.69 Å². The average Bonchev–Trinajstić information content (AvgIpc) is 3.19. The molecule has 3 aromatic rings. The van der Waals surface area contributed by atoms with E-state index in [9.17, 15) is 9.18 Å². The van der Waals surface area contributed by atoms with Crippen LogP contribution < -0.4 is 5.32 Å². The summed E-state index contributed by atoms with van der Waals surface area (Å²) in [5, 5.41) is 10.2. The molecular formula is C20H20FN5O. The molecule has 6 nitrogen and oxygen atoms in total. The summed E-state index contributed by atoms with van der Waals surface area (Å²) in [6.07, 6.45) is 3.44. The molecule has 2 N–H and O–H groups in total. The Hall–Kier alpha value is -3.22. The number of nitrogens with zero attached hydrogens (tertiary/aromatic N) is 3. The summed E-state index contributed by atoms with van der Waals surface area (Å²) in [7, 11) is 0. The summed E-state index contributed by atoms with van der Waals surface area (Å²) in [5.74, 6) is 0.385. The van der Waals surface area contributed by atoms with Crippen molar-refractivity contribution < 1.29 is 9.18 Å². The Morgan fingerprint density at radius 3 is 2.67 bits per heavy atom. The van der Waals surface area contributed by atoms with Crippen LogP contribution in [0.1, 0.15) is 23.3 Å². The number of anilines is 1. The highest BCUT2D eigenvalue weighted by atomic mass is 19.1. The first-order chi connectivity index (χ1) is 13.2. The highest BCUT2D eigenvalue weighted by Crippen LogP contribution is 2.22. The Labute approximate surface area is 156 Å². The molecule has 0 bridgehead atoms. The lowest BCUT2D eigenvalue weighted by Gasteiger charge is -2.32. The fourth-order valence-corrected chi connectivity index (χ4v) is 3.29. The number of likely N-dealkylation sites (tertiary alicyclic amines) is 1. The van der Waals surface area contributed by atoms with Crippen molar-refractivity contribution in [3.63, 3.8) is 0 Å². The minimum atomic E-state index is -0.357. The maximum absolute atomic E-state index is 13.9. The molecule has 0 aliphatic carbocycles. The molecule has 3 heterocycles. The van der Waals surface area contributed by atoms with E-state index in [2.05, 4.69) is 20.5 Å². The van der Waals surface area contributed by atoms with Gasteiger partial charge in [0, 0.05) is 30.9 Å². The molecule has 1 amide bonds. The number of carbonyl (C=O) groups is 1. The van der Waals surface area contributed by atoms with E-state index in [-0.39, 0.29) is 11.7 Å². The van der Waals surface area contributed by atoms with E-state index in [4.69, 9.17) is 0 Å². The number of piperidine rings is 1. The van der Waals surface area contributed by atoms with Crippen LogP contribution in [0.3, 0.4) is 0 Å². The van der Waals surface area contributed by atoms with Crippen LogP contribution >= 0.6 is 0 Å². The molecule has 0 saturated carbocycles.